The van der Waals surface area contributed by atoms with E-state index in [0.29, 0.717) is 0 Å². The Morgan fingerprint density at radius 3 is 2.41 bits per heavy atom. The van der Waals surface area contributed by atoms with Crippen LogP contribution in [0, 0.1) is 17.8 Å². The highest BCUT2D eigenvalue weighted by molar-refractivity contribution is 5.00. The van der Waals surface area contributed by atoms with E-state index in [2.05, 4.69) is 5.32 Å². The van der Waals surface area contributed by atoms with Gasteiger partial charge in [-0.3, -0.25) is 0 Å². The van der Waals surface area contributed by atoms with Gasteiger partial charge >= 0.3 is 0 Å². The van der Waals surface area contributed by atoms with Crippen LogP contribution >= 0.6 is 0 Å². The number of piperidine rings is 1. The Bertz CT molecular complexity index is 245. The van der Waals surface area contributed by atoms with E-state index in [1.54, 1.807) is 0 Å². The van der Waals surface area contributed by atoms with Gasteiger partial charge in [-0.15, -0.1) is 0 Å². The molecule has 1 aliphatic carbocycles. The van der Waals surface area contributed by atoms with Gasteiger partial charge in [0.2, 0.25) is 0 Å². The molecule has 2 saturated heterocycles. The summed E-state index contributed by atoms with van der Waals surface area (Å²) < 4.78 is 0. The average Bonchev–Trinajstić information content (AvgIpc) is 2.57. The summed E-state index contributed by atoms with van der Waals surface area (Å²) in [6, 6.07) is 1.61. The molecule has 2 heteroatoms. The lowest BCUT2D eigenvalue weighted by Gasteiger charge is -2.42. The quantitative estimate of drug-likeness (QED) is 0.723. The zero-order valence-electron chi connectivity index (χ0n) is 11.0. The lowest BCUT2D eigenvalue weighted by Crippen LogP contribution is -2.50. The smallest absolute Gasteiger partial charge is 0.0104 e. The van der Waals surface area contributed by atoms with Gasteiger partial charge in [0.1, 0.15) is 0 Å². The van der Waals surface area contributed by atoms with Crippen LogP contribution in [0.3, 0.4) is 0 Å². The van der Waals surface area contributed by atoms with Crippen LogP contribution in [0.5, 0.6) is 0 Å². The van der Waals surface area contributed by atoms with Crippen LogP contribution in [0.1, 0.15) is 57.8 Å². The minimum atomic E-state index is 0.801. The van der Waals surface area contributed by atoms with Crippen molar-refractivity contribution in [1.29, 1.82) is 0 Å². The highest BCUT2D eigenvalue weighted by Gasteiger charge is 2.43. The number of fused-ring (bicyclic) bond motifs is 2. The van der Waals surface area contributed by atoms with E-state index in [0.717, 1.165) is 36.4 Å². The van der Waals surface area contributed by atoms with E-state index in [1.807, 2.05) is 0 Å². The SMILES string of the molecule is NCC1CC2CCC(N2)C1C1CCCCCC1. The van der Waals surface area contributed by atoms with Crippen molar-refractivity contribution in [2.75, 3.05) is 6.54 Å². The molecule has 0 amide bonds. The van der Waals surface area contributed by atoms with Crippen molar-refractivity contribution in [3.8, 4) is 0 Å². The lowest BCUT2D eigenvalue weighted by molar-refractivity contribution is 0.120. The van der Waals surface area contributed by atoms with E-state index in [1.165, 1.54) is 57.8 Å². The van der Waals surface area contributed by atoms with Gasteiger partial charge in [-0.1, -0.05) is 38.5 Å². The Morgan fingerprint density at radius 2 is 1.71 bits per heavy atom. The second kappa shape index (κ2) is 5.27. The summed E-state index contributed by atoms with van der Waals surface area (Å²) in [4.78, 5) is 0. The molecule has 4 unspecified atom stereocenters. The Kier molecular flexibility index (Phi) is 3.72. The first-order chi connectivity index (χ1) is 8.38. The molecule has 0 radical (unpaired) electrons. The van der Waals surface area contributed by atoms with E-state index < -0.39 is 0 Å². The molecule has 0 aromatic heterocycles. The van der Waals surface area contributed by atoms with E-state index in [4.69, 9.17) is 5.73 Å². The number of hydrogen-bond acceptors (Lipinski definition) is 2. The van der Waals surface area contributed by atoms with E-state index in [-0.39, 0.29) is 0 Å². The molecule has 4 atom stereocenters. The number of hydrogen-bond donors (Lipinski definition) is 2. The topological polar surface area (TPSA) is 38.0 Å². The Labute approximate surface area is 106 Å². The molecule has 3 N–H and O–H groups in total. The van der Waals surface area contributed by atoms with Gasteiger partial charge in [-0.2, -0.15) is 0 Å². The second-order valence-corrected chi connectivity index (χ2v) is 6.61. The first kappa shape index (κ1) is 12.0. The molecule has 3 fully saturated rings. The fraction of sp³-hybridized carbons (Fsp3) is 1.00. The highest BCUT2D eigenvalue weighted by Crippen LogP contribution is 2.43. The largest absolute Gasteiger partial charge is 0.330 e. The van der Waals surface area contributed by atoms with Gasteiger partial charge in [0.05, 0.1) is 0 Å². The summed E-state index contributed by atoms with van der Waals surface area (Å²) in [7, 11) is 0. The maximum Gasteiger partial charge on any atom is 0.0104 e. The Morgan fingerprint density at radius 1 is 0.941 bits per heavy atom. The van der Waals surface area contributed by atoms with Crippen LogP contribution in [-0.2, 0) is 0 Å². The molecule has 2 aliphatic heterocycles. The zero-order chi connectivity index (χ0) is 11.7. The molecule has 98 valence electrons. The molecule has 1 saturated carbocycles. The molecule has 17 heavy (non-hydrogen) atoms. The Hall–Kier alpha value is -0.0800. The van der Waals surface area contributed by atoms with Gasteiger partial charge in [0.15, 0.2) is 0 Å². The summed E-state index contributed by atoms with van der Waals surface area (Å²) in [6.45, 7) is 0.926. The number of nitrogens with one attached hydrogen (secondary N) is 1. The molecule has 3 rings (SSSR count). The van der Waals surface area contributed by atoms with Gasteiger partial charge in [-0.05, 0) is 43.6 Å². The van der Waals surface area contributed by atoms with Gasteiger partial charge in [-0.25, -0.2) is 0 Å². The molecular weight excluding hydrogens is 208 g/mol. The van der Waals surface area contributed by atoms with Gasteiger partial charge in [0, 0.05) is 12.1 Å². The molecule has 0 aromatic rings. The van der Waals surface area contributed by atoms with Crippen LogP contribution in [-0.4, -0.2) is 18.6 Å². The van der Waals surface area contributed by atoms with Crippen molar-refractivity contribution < 1.29 is 0 Å². The summed E-state index contributed by atoms with van der Waals surface area (Å²) in [5.41, 5.74) is 6.06. The predicted molar refractivity (Wildman–Crippen MR) is 71.8 cm³/mol. The predicted octanol–water partition coefficient (Wildman–Crippen LogP) is 2.67. The van der Waals surface area contributed by atoms with Crippen molar-refractivity contribution in [1.82, 2.24) is 5.32 Å². The average molecular weight is 236 g/mol. The van der Waals surface area contributed by atoms with Crippen molar-refractivity contribution in [3.63, 3.8) is 0 Å². The van der Waals surface area contributed by atoms with Crippen molar-refractivity contribution in [2.24, 2.45) is 23.5 Å². The fourth-order valence-corrected chi connectivity index (χ4v) is 4.85. The standard InChI is InChI=1S/C15H28N2/c16-10-12-9-13-7-8-14(17-13)15(12)11-5-3-1-2-4-6-11/h11-15,17H,1-10,16H2. The van der Waals surface area contributed by atoms with E-state index >= 15 is 0 Å². The number of nitrogens with two attached hydrogens (primary N) is 1. The normalized spacial score (nSPS) is 43.6. The van der Waals surface area contributed by atoms with Crippen LogP contribution in [0.25, 0.3) is 0 Å². The highest BCUT2D eigenvalue weighted by atomic mass is 15.0. The van der Waals surface area contributed by atoms with Crippen molar-refractivity contribution in [2.45, 2.75) is 69.9 Å². The van der Waals surface area contributed by atoms with Crippen molar-refractivity contribution >= 4 is 0 Å². The minimum Gasteiger partial charge on any atom is -0.330 e. The Balaban J connectivity index is 1.73. The molecule has 2 nitrogen and oxygen atoms in total. The third kappa shape index (κ3) is 2.39. The third-order valence-corrected chi connectivity index (χ3v) is 5.62. The monoisotopic (exact) mass is 236 g/mol. The third-order valence-electron chi connectivity index (χ3n) is 5.62. The maximum atomic E-state index is 6.06. The molecular formula is C15H28N2. The first-order valence-electron chi connectivity index (χ1n) is 7.84. The first-order valence-corrected chi connectivity index (χ1v) is 7.84. The summed E-state index contributed by atoms with van der Waals surface area (Å²) in [6.07, 6.45) is 13.0. The summed E-state index contributed by atoms with van der Waals surface area (Å²) >= 11 is 0. The molecule has 2 bridgehead atoms. The zero-order valence-corrected chi connectivity index (χ0v) is 11.0. The second-order valence-electron chi connectivity index (χ2n) is 6.61. The minimum absolute atomic E-state index is 0.801. The van der Waals surface area contributed by atoms with Crippen molar-refractivity contribution in [3.05, 3.63) is 0 Å². The van der Waals surface area contributed by atoms with Gasteiger partial charge < -0.3 is 11.1 Å². The molecule has 3 aliphatic rings. The van der Waals surface area contributed by atoms with E-state index in [9.17, 15) is 0 Å². The van der Waals surface area contributed by atoms with Crippen LogP contribution < -0.4 is 11.1 Å². The number of rotatable bonds is 2. The van der Waals surface area contributed by atoms with Crippen LogP contribution in [0.15, 0.2) is 0 Å². The summed E-state index contributed by atoms with van der Waals surface area (Å²) in [5, 5.41) is 3.87. The van der Waals surface area contributed by atoms with Crippen LogP contribution in [0.4, 0.5) is 0 Å². The maximum absolute atomic E-state index is 6.06. The molecule has 2 heterocycles. The van der Waals surface area contributed by atoms with Crippen LogP contribution in [0.2, 0.25) is 0 Å². The molecule has 0 spiro atoms. The summed E-state index contributed by atoms with van der Waals surface area (Å²) in [5.74, 6) is 2.69. The molecule has 0 aromatic carbocycles. The lowest BCUT2D eigenvalue weighted by atomic mass is 9.71. The fourth-order valence-electron chi connectivity index (χ4n) is 4.85. The van der Waals surface area contributed by atoms with Gasteiger partial charge in [0.25, 0.3) is 0 Å².